The molecule has 33 heavy (non-hydrogen) atoms. The summed E-state index contributed by atoms with van der Waals surface area (Å²) in [6.07, 6.45) is 2.89. The van der Waals surface area contributed by atoms with E-state index in [2.05, 4.69) is 20.4 Å². The number of aromatic amines is 1. The van der Waals surface area contributed by atoms with Crippen molar-refractivity contribution in [2.75, 3.05) is 5.32 Å². The number of amides is 1. The third-order valence-electron chi connectivity index (χ3n) is 4.98. The van der Waals surface area contributed by atoms with Crippen LogP contribution in [0.2, 0.25) is 0 Å². The minimum atomic E-state index is -0.525. The van der Waals surface area contributed by atoms with Gasteiger partial charge in [0.05, 0.1) is 11.9 Å². The van der Waals surface area contributed by atoms with Gasteiger partial charge in [0.15, 0.2) is 5.65 Å². The first-order valence-corrected chi connectivity index (χ1v) is 10.3. The van der Waals surface area contributed by atoms with Crippen molar-refractivity contribution in [1.82, 2.24) is 19.7 Å². The highest BCUT2D eigenvalue weighted by Crippen LogP contribution is 2.29. The van der Waals surface area contributed by atoms with Crippen molar-refractivity contribution in [1.29, 1.82) is 5.26 Å². The van der Waals surface area contributed by atoms with E-state index in [1.165, 1.54) is 12.4 Å². The lowest BCUT2D eigenvalue weighted by atomic mass is 10.1. The third kappa shape index (κ3) is 4.43. The zero-order chi connectivity index (χ0) is 23.6. The van der Waals surface area contributed by atoms with Crippen LogP contribution in [0.15, 0.2) is 71.3 Å². The molecular weight excluding hydrogens is 416 g/mol. The van der Waals surface area contributed by atoms with E-state index in [0.717, 1.165) is 5.56 Å². The first-order valence-electron chi connectivity index (χ1n) is 10.3. The van der Waals surface area contributed by atoms with Gasteiger partial charge in [-0.05, 0) is 44.5 Å². The van der Waals surface area contributed by atoms with Crippen LogP contribution in [0.5, 0.6) is 0 Å². The molecule has 2 aromatic heterocycles. The molecule has 0 unspecified atom stereocenters. The topological polar surface area (TPSA) is 116 Å². The second kappa shape index (κ2) is 8.55. The minimum absolute atomic E-state index is 0.0188. The SMILES string of the molecule is CC(C)(C)n1nc(-c2cccc(NC(=O)/C(C#N)=C/c3ccccc3)c2)c2c(=O)[nH]cnc21. The summed E-state index contributed by atoms with van der Waals surface area (Å²) in [6, 6.07) is 18.1. The van der Waals surface area contributed by atoms with Crippen LogP contribution in [-0.4, -0.2) is 25.7 Å². The normalized spacial score (nSPS) is 11.9. The molecule has 0 aliphatic carbocycles. The lowest BCUT2D eigenvalue weighted by Crippen LogP contribution is -2.23. The Morgan fingerprint density at radius 3 is 2.61 bits per heavy atom. The molecule has 0 aliphatic rings. The van der Waals surface area contributed by atoms with Crippen molar-refractivity contribution >= 4 is 28.7 Å². The van der Waals surface area contributed by atoms with Gasteiger partial charge in [-0.15, -0.1) is 0 Å². The number of H-pyrrole nitrogens is 1. The standard InChI is InChI=1S/C25H22N6O2/c1-25(2,3)31-22-20(24(33)28-15-27-22)21(30-31)17-10-7-11-19(13-17)29-23(32)18(14-26)12-16-8-5-4-6-9-16/h4-13,15H,1-3H3,(H,29,32)(H,27,28,33)/b18-12+. The Morgan fingerprint density at radius 2 is 1.91 bits per heavy atom. The van der Waals surface area contributed by atoms with E-state index in [1.807, 2.05) is 63.2 Å². The van der Waals surface area contributed by atoms with E-state index in [0.29, 0.717) is 28.0 Å². The Morgan fingerprint density at radius 1 is 1.15 bits per heavy atom. The van der Waals surface area contributed by atoms with E-state index in [1.54, 1.807) is 22.9 Å². The number of hydrogen-bond acceptors (Lipinski definition) is 5. The molecule has 1 amide bonds. The number of carbonyl (C=O) groups excluding carboxylic acids is 1. The van der Waals surface area contributed by atoms with Gasteiger partial charge in [-0.25, -0.2) is 9.67 Å². The van der Waals surface area contributed by atoms with Gasteiger partial charge in [0.1, 0.15) is 22.7 Å². The summed E-state index contributed by atoms with van der Waals surface area (Å²) >= 11 is 0. The molecule has 0 atom stereocenters. The number of carbonyl (C=O) groups is 1. The molecule has 0 saturated carbocycles. The van der Waals surface area contributed by atoms with Gasteiger partial charge in [-0.1, -0.05) is 42.5 Å². The number of fused-ring (bicyclic) bond motifs is 1. The van der Waals surface area contributed by atoms with Crippen LogP contribution < -0.4 is 10.9 Å². The average molecular weight is 438 g/mol. The van der Waals surface area contributed by atoms with Gasteiger partial charge in [-0.2, -0.15) is 10.4 Å². The van der Waals surface area contributed by atoms with Crippen LogP contribution in [-0.2, 0) is 10.3 Å². The molecule has 0 fully saturated rings. The highest BCUT2D eigenvalue weighted by molar-refractivity contribution is 6.10. The van der Waals surface area contributed by atoms with E-state index < -0.39 is 11.4 Å². The minimum Gasteiger partial charge on any atom is -0.321 e. The predicted octanol–water partition coefficient (Wildman–Crippen LogP) is 4.09. The van der Waals surface area contributed by atoms with Crippen molar-refractivity contribution in [3.63, 3.8) is 0 Å². The van der Waals surface area contributed by atoms with Gasteiger partial charge in [0.2, 0.25) is 0 Å². The summed E-state index contributed by atoms with van der Waals surface area (Å²) < 4.78 is 1.72. The number of nitrogens with zero attached hydrogens (tertiary/aromatic N) is 4. The summed E-state index contributed by atoms with van der Waals surface area (Å²) in [4.78, 5) is 32.3. The smallest absolute Gasteiger partial charge is 0.266 e. The Labute approximate surface area is 190 Å². The van der Waals surface area contributed by atoms with Crippen LogP contribution in [0.4, 0.5) is 5.69 Å². The van der Waals surface area contributed by atoms with Crippen molar-refractivity contribution < 1.29 is 4.79 Å². The predicted molar refractivity (Wildman–Crippen MR) is 127 cm³/mol. The van der Waals surface area contributed by atoms with Gasteiger partial charge < -0.3 is 10.3 Å². The molecule has 0 bridgehead atoms. The molecule has 8 heteroatoms. The Kier molecular flexibility index (Phi) is 5.63. The quantitative estimate of drug-likeness (QED) is 0.368. The highest BCUT2D eigenvalue weighted by atomic mass is 16.1. The Balaban J connectivity index is 1.72. The largest absolute Gasteiger partial charge is 0.321 e. The molecule has 8 nitrogen and oxygen atoms in total. The number of hydrogen-bond donors (Lipinski definition) is 2. The first-order chi connectivity index (χ1) is 15.8. The fourth-order valence-electron chi connectivity index (χ4n) is 3.44. The molecule has 4 aromatic rings. The van der Waals surface area contributed by atoms with E-state index in [-0.39, 0.29) is 11.1 Å². The molecule has 0 aliphatic heterocycles. The number of nitrogens with one attached hydrogen (secondary N) is 2. The number of aromatic nitrogens is 4. The van der Waals surface area contributed by atoms with Gasteiger partial charge >= 0.3 is 0 Å². The van der Waals surface area contributed by atoms with Crippen molar-refractivity contribution in [2.24, 2.45) is 0 Å². The van der Waals surface area contributed by atoms with Crippen molar-refractivity contribution in [2.45, 2.75) is 26.3 Å². The Bertz CT molecular complexity index is 1470. The lowest BCUT2D eigenvalue weighted by molar-refractivity contribution is -0.112. The zero-order valence-corrected chi connectivity index (χ0v) is 18.5. The Hall–Kier alpha value is -4.51. The van der Waals surface area contributed by atoms with Crippen LogP contribution in [0.1, 0.15) is 26.3 Å². The molecule has 0 radical (unpaired) electrons. The number of nitriles is 1. The zero-order valence-electron chi connectivity index (χ0n) is 18.5. The van der Waals surface area contributed by atoms with Gasteiger partial charge in [0.25, 0.3) is 11.5 Å². The number of anilines is 1. The van der Waals surface area contributed by atoms with Crippen LogP contribution in [0.25, 0.3) is 28.4 Å². The molecule has 164 valence electrons. The number of rotatable bonds is 4. The molecule has 2 aromatic carbocycles. The van der Waals surface area contributed by atoms with Crippen LogP contribution in [0.3, 0.4) is 0 Å². The first kappa shape index (κ1) is 21.7. The molecule has 4 rings (SSSR count). The van der Waals surface area contributed by atoms with Gasteiger partial charge in [-0.3, -0.25) is 9.59 Å². The van der Waals surface area contributed by atoms with Crippen LogP contribution in [0, 0.1) is 11.3 Å². The maximum absolute atomic E-state index is 12.7. The fourth-order valence-corrected chi connectivity index (χ4v) is 3.44. The average Bonchev–Trinajstić information content (AvgIpc) is 3.20. The van der Waals surface area contributed by atoms with Crippen molar-refractivity contribution in [3.05, 3.63) is 82.4 Å². The molecular formula is C25H22N6O2. The fraction of sp³-hybridized carbons (Fsp3) is 0.160. The molecule has 0 saturated heterocycles. The maximum atomic E-state index is 12.7. The summed E-state index contributed by atoms with van der Waals surface area (Å²) in [6.45, 7) is 5.93. The molecule has 0 spiro atoms. The molecule has 2 N–H and O–H groups in total. The monoisotopic (exact) mass is 438 g/mol. The van der Waals surface area contributed by atoms with E-state index >= 15 is 0 Å². The van der Waals surface area contributed by atoms with Gasteiger partial charge in [0, 0.05) is 11.3 Å². The highest BCUT2D eigenvalue weighted by Gasteiger charge is 2.24. The summed E-state index contributed by atoms with van der Waals surface area (Å²) in [5.74, 6) is -0.525. The second-order valence-electron chi connectivity index (χ2n) is 8.48. The summed E-state index contributed by atoms with van der Waals surface area (Å²) in [5.41, 5.74) is 2.11. The second-order valence-corrected chi connectivity index (χ2v) is 8.48. The lowest BCUT2D eigenvalue weighted by Gasteiger charge is -2.19. The van der Waals surface area contributed by atoms with Crippen molar-refractivity contribution in [3.8, 4) is 17.3 Å². The summed E-state index contributed by atoms with van der Waals surface area (Å²) in [7, 11) is 0. The van der Waals surface area contributed by atoms with Crippen LogP contribution >= 0.6 is 0 Å². The third-order valence-corrected chi connectivity index (χ3v) is 4.98. The van der Waals surface area contributed by atoms with E-state index in [4.69, 9.17) is 0 Å². The molecule has 2 heterocycles. The maximum Gasteiger partial charge on any atom is 0.266 e. The summed E-state index contributed by atoms with van der Waals surface area (Å²) in [5, 5.41) is 17.3. The number of benzene rings is 2. The van der Waals surface area contributed by atoms with E-state index in [9.17, 15) is 14.9 Å².